The molecule has 1 atom stereocenters. The number of ketones is 1. The number of para-hydroxylation sites is 1. The zero-order chi connectivity index (χ0) is 21.0. The van der Waals surface area contributed by atoms with Crippen molar-refractivity contribution in [3.8, 4) is 0 Å². The highest BCUT2D eigenvalue weighted by Crippen LogP contribution is 2.21. The molecule has 1 heterocycles. The van der Waals surface area contributed by atoms with Gasteiger partial charge in [0.1, 0.15) is 17.9 Å². The lowest BCUT2D eigenvalue weighted by atomic mass is 10.1. The van der Waals surface area contributed by atoms with E-state index in [1.165, 1.54) is 27.7 Å². The van der Waals surface area contributed by atoms with Crippen molar-refractivity contribution in [2.45, 2.75) is 40.3 Å². The van der Waals surface area contributed by atoms with Gasteiger partial charge in [0.05, 0.1) is 10.6 Å². The zero-order valence-corrected chi connectivity index (χ0v) is 15.9. The van der Waals surface area contributed by atoms with Gasteiger partial charge in [0, 0.05) is 5.56 Å². The number of esters is 1. The first-order valence-corrected chi connectivity index (χ1v) is 8.40. The smallest absolute Gasteiger partial charge is 0.328 e. The molecule has 148 valence electrons. The Bertz CT molecular complexity index is 950. The molecule has 2 aromatic rings. The molecule has 0 saturated carbocycles. The molecule has 2 rings (SSSR count). The van der Waals surface area contributed by atoms with Crippen molar-refractivity contribution in [1.82, 2.24) is 9.78 Å². The standard InChI is InChI=1S/C18H20N4O6/c1-10-17(22(26)27)11(2)21(20-10)9-16(24)28-13(4)18(25)19-15-8-6-5-7-14(15)12(3)23/h5-8,13H,9H2,1-4H3,(H,19,25)/t13-/m0/s1. The van der Waals surface area contributed by atoms with E-state index in [4.69, 9.17) is 4.74 Å². The van der Waals surface area contributed by atoms with Crippen LogP contribution in [0, 0.1) is 24.0 Å². The first-order chi connectivity index (χ1) is 13.1. The number of nitro groups is 1. The Kier molecular flexibility index (Phi) is 6.24. The Labute approximate surface area is 160 Å². The summed E-state index contributed by atoms with van der Waals surface area (Å²) in [5, 5.41) is 17.5. The Morgan fingerprint density at radius 2 is 1.93 bits per heavy atom. The van der Waals surface area contributed by atoms with Gasteiger partial charge in [-0.15, -0.1) is 0 Å². The van der Waals surface area contributed by atoms with E-state index in [2.05, 4.69) is 10.4 Å². The van der Waals surface area contributed by atoms with Crippen LogP contribution in [0.5, 0.6) is 0 Å². The molecule has 0 bridgehead atoms. The molecule has 1 aromatic heterocycles. The fraction of sp³-hybridized carbons (Fsp3) is 0.333. The summed E-state index contributed by atoms with van der Waals surface area (Å²) in [6.07, 6.45) is -1.14. The Hall–Kier alpha value is -3.56. The number of ether oxygens (including phenoxy) is 1. The SMILES string of the molecule is CC(=O)c1ccccc1NC(=O)[C@H](C)OC(=O)Cn1nc(C)c([N+](=O)[O-])c1C. The minimum Gasteiger partial charge on any atom is -0.451 e. The average Bonchev–Trinajstić information content (AvgIpc) is 2.88. The van der Waals surface area contributed by atoms with Gasteiger partial charge in [-0.2, -0.15) is 5.10 Å². The summed E-state index contributed by atoms with van der Waals surface area (Å²) >= 11 is 0. The van der Waals surface area contributed by atoms with Crippen molar-refractivity contribution in [1.29, 1.82) is 0 Å². The van der Waals surface area contributed by atoms with Gasteiger partial charge < -0.3 is 10.1 Å². The molecule has 0 aliphatic carbocycles. The number of hydrogen-bond donors (Lipinski definition) is 1. The number of carbonyl (C=O) groups excluding carboxylic acids is 3. The van der Waals surface area contributed by atoms with Crippen LogP contribution >= 0.6 is 0 Å². The molecule has 1 amide bonds. The van der Waals surface area contributed by atoms with E-state index in [9.17, 15) is 24.5 Å². The van der Waals surface area contributed by atoms with Crippen LogP contribution in [0.4, 0.5) is 11.4 Å². The number of rotatable bonds is 7. The highest BCUT2D eigenvalue weighted by molar-refractivity contribution is 6.04. The van der Waals surface area contributed by atoms with Crippen LogP contribution in [0.15, 0.2) is 24.3 Å². The van der Waals surface area contributed by atoms with Crippen LogP contribution in [0.2, 0.25) is 0 Å². The fourth-order valence-electron chi connectivity index (χ4n) is 2.65. The summed E-state index contributed by atoms with van der Waals surface area (Å²) in [5.74, 6) is -1.60. The van der Waals surface area contributed by atoms with Gasteiger partial charge in [0.2, 0.25) is 0 Å². The highest BCUT2D eigenvalue weighted by Gasteiger charge is 2.25. The number of anilines is 1. The van der Waals surface area contributed by atoms with Gasteiger partial charge in [-0.3, -0.25) is 29.2 Å². The largest absolute Gasteiger partial charge is 0.451 e. The molecule has 0 fully saturated rings. The second-order valence-electron chi connectivity index (χ2n) is 6.16. The maximum Gasteiger partial charge on any atom is 0.328 e. The predicted octanol–water partition coefficient (Wildman–Crippen LogP) is 2.18. The number of benzene rings is 1. The monoisotopic (exact) mass is 388 g/mol. The van der Waals surface area contributed by atoms with Crippen molar-refractivity contribution in [3.63, 3.8) is 0 Å². The predicted molar refractivity (Wildman–Crippen MR) is 99.0 cm³/mol. The maximum atomic E-state index is 12.3. The lowest BCUT2D eigenvalue weighted by molar-refractivity contribution is -0.386. The van der Waals surface area contributed by atoms with Crippen LogP contribution in [-0.2, 0) is 20.9 Å². The summed E-state index contributed by atoms with van der Waals surface area (Å²) in [6, 6.07) is 6.47. The molecular formula is C18H20N4O6. The van der Waals surface area contributed by atoms with Crippen molar-refractivity contribution >= 4 is 29.0 Å². The number of Topliss-reactive ketones (excluding diaryl/α,β-unsaturated/α-hetero) is 1. The number of nitrogens with one attached hydrogen (secondary N) is 1. The van der Waals surface area contributed by atoms with E-state index in [0.29, 0.717) is 11.3 Å². The van der Waals surface area contributed by atoms with Gasteiger partial charge >= 0.3 is 11.7 Å². The van der Waals surface area contributed by atoms with Crippen LogP contribution in [-0.4, -0.2) is 38.5 Å². The summed E-state index contributed by atoms with van der Waals surface area (Å²) in [4.78, 5) is 46.5. The molecule has 0 saturated heterocycles. The van der Waals surface area contributed by atoms with E-state index in [-0.39, 0.29) is 29.4 Å². The third kappa shape index (κ3) is 4.58. The quantitative estimate of drug-likeness (QED) is 0.332. The third-order valence-corrected chi connectivity index (χ3v) is 4.05. The van der Waals surface area contributed by atoms with Crippen molar-refractivity contribution in [2.75, 3.05) is 5.32 Å². The van der Waals surface area contributed by atoms with E-state index < -0.39 is 22.9 Å². The van der Waals surface area contributed by atoms with E-state index in [0.717, 1.165) is 4.68 Å². The van der Waals surface area contributed by atoms with Crippen LogP contribution < -0.4 is 5.32 Å². The number of carbonyl (C=O) groups is 3. The summed E-state index contributed by atoms with van der Waals surface area (Å²) in [6.45, 7) is 5.33. The minimum absolute atomic E-state index is 0.167. The Morgan fingerprint density at radius 1 is 1.29 bits per heavy atom. The summed E-state index contributed by atoms with van der Waals surface area (Å²) in [5.41, 5.74) is 0.884. The van der Waals surface area contributed by atoms with Crippen LogP contribution in [0.3, 0.4) is 0 Å². The fourth-order valence-corrected chi connectivity index (χ4v) is 2.65. The van der Waals surface area contributed by atoms with Crippen LogP contribution in [0.25, 0.3) is 0 Å². The molecule has 0 spiro atoms. The lowest BCUT2D eigenvalue weighted by Gasteiger charge is -2.15. The molecule has 0 aliphatic rings. The first-order valence-electron chi connectivity index (χ1n) is 8.40. The normalized spacial score (nSPS) is 11.6. The summed E-state index contributed by atoms with van der Waals surface area (Å²) < 4.78 is 6.24. The maximum absolute atomic E-state index is 12.3. The molecule has 1 aromatic carbocycles. The van der Waals surface area contributed by atoms with Gasteiger partial charge in [-0.25, -0.2) is 0 Å². The lowest BCUT2D eigenvalue weighted by Crippen LogP contribution is -2.31. The van der Waals surface area contributed by atoms with Crippen molar-refractivity contribution in [2.24, 2.45) is 0 Å². The van der Waals surface area contributed by atoms with Crippen molar-refractivity contribution in [3.05, 3.63) is 51.3 Å². The van der Waals surface area contributed by atoms with E-state index in [1.54, 1.807) is 24.3 Å². The molecule has 28 heavy (non-hydrogen) atoms. The second kappa shape index (κ2) is 8.42. The average molecular weight is 388 g/mol. The number of amides is 1. The Morgan fingerprint density at radius 3 is 2.50 bits per heavy atom. The van der Waals surface area contributed by atoms with Crippen LogP contribution in [0.1, 0.15) is 35.6 Å². The molecule has 0 aliphatic heterocycles. The minimum atomic E-state index is -1.14. The zero-order valence-electron chi connectivity index (χ0n) is 15.9. The van der Waals surface area contributed by atoms with Gasteiger partial charge in [0.25, 0.3) is 5.91 Å². The number of aromatic nitrogens is 2. The summed E-state index contributed by atoms with van der Waals surface area (Å²) in [7, 11) is 0. The number of nitrogens with zero attached hydrogens (tertiary/aromatic N) is 3. The van der Waals surface area contributed by atoms with E-state index >= 15 is 0 Å². The second-order valence-corrected chi connectivity index (χ2v) is 6.16. The molecule has 0 radical (unpaired) electrons. The van der Waals surface area contributed by atoms with Gasteiger partial charge in [-0.05, 0) is 39.8 Å². The topological polar surface area (TPSA) is 133 Å². The molecular weight excluding hydrogens is 368 g/mol. The molecule has 10 nitrogen and oxygen atoms in total. The molecule has 1 N–H and O–H groups in total. The number of aryl methyl sites for hydroxylation is 1. The molecule has 0 unspecified atom stereocenters. The van der Waals surface area contributed by atoms with Gasteiger partial charge in [-0.1, -0.05) is 12.1 Å². The molecule has 10 heteroatoms. The van der Waals surface area contributed by atoms with Gasteiger partial charge in [0.15, 0.2) is 11.9 Å². The number of hydrogen-bond acceptors (Lipinski definition) is 7. The Balaban J connectivity index is 2.03. The van der Waals surface area contributed by atoms with Crippen molar-refractivity contribution < 1.29 is 24.0 Å². The first kappa shape index (κ1) is 20.7. The highest BCUT2D eigenvalue weighted by atomic mass is 16.6. The third-order valence-electron chi connectivity index (χ3n) is 4.05. The van der Waals surface area contributed by atoms with E-state index in [1.807, 2.05) is 0 Å².